The molecular weight excluding hydrogens is 300 g/mol. The summed E-state index contributed by atoms with van der Waals surface area (Å²) in [6.45, 7) is 3.63. The van der Waals surface area contributed by atoms with Gasteiger partial charge in [-0.1, -0.05) is 54.1 Å². The monoisotopic (exact) mass is 316 g/mol. The van der Waals surface area contributed by atoms with Crippen LogP contribution in [-0.2, 0) is 9.47 Å². The van der Waals surface area contributed by atoms with E-state index in [0.717, 1.165) is 5.56 Å². The van der Waals surface area contributed by atoms with Crippen LogP contribution in [-0.4, -0.2) is 17.7 Å². The third-order valence-electron chi connectivity index (χ3n) is 3.61. The first-order valence-electron chi connectivity index (χ1n) is 7.17. The first-order chi connectivity index (χ1) is 10.5. The lowest BCUT2D eigenvalue weighted by molar-refractivity contribution is -0.143. The fourth-order valence-electron chi connectivity index (χ4n) is 2.62. The van der Waals surface area contributed by atoms with Crippen LogP contribution in [0.4, 0.5) is 0 Å². The fourth-order valence-corrected chi connectivity index (χ4v) is 2.74. The van der Waals surface area contributed by atoms with Crippen LogP contribution in [0.1, 0.15) is 35.9 Å². The summed E-state index contributed by atoms with van der Waals surface area (Å²) in [7, 11) is 0. The molecule has 1 fully saturated rings. The number of Topliss-reactive ketones (excluding diaryl/α,β-unsaturated/α-hetero) is 1. The van der Waals surface area contributed by atoms with Gasteiger partial charge in [0.15, 0.2) is 17.7 Å². The van der Waals surface area contributed by atoms with Gasteiger partial charge < -0.3 is 9.47 Å². The summed E-state index contributed by atoms with van der Waals surface area (Å²) in [5.74, 6) is -0.884. The lowest BCUT2D eigenvalue weighted by atomic mass is 9.97. The van der Waals surface area contributed by atoms with E-state index in [1.54, 1.807) is 24.3 Å². The van der Waals surface area contributed by atoms with Crippen molar-refractivity contribution in [3.8, 4) is 0 Å². The summed E-state index contributed by atoms with van der Waals surface area (Å²) in [4.78, 5) is 12.8. The van der Waals surface area contributed by atoms with E-state index in [1.807, 2.05) is 44.2 Å². The minimum absolute atomic E-state index is 0.0777. The fraction of sp³-hybridized carbons (Fsp3) is 0.278. The number of hydrogen-bond acceptors (Lipinski definition) is 3. The molecule has 0 aromatic heterocycles. The summed E-state index contributed by atoms with van der Waals surface area (Å²) < 4.78 is 11.8. The zero-order valence-electron chi connectivity index (χ0n) is 12.5. The molecule has 1 heterocycles. The van der Waals surface area contributed by atoms with Gasteiger partial charge in [0, 0.05) is 10.6 Å². The topological polar surface area (TPSA) is 35.5 Å². The lowest BCUT2D eigenvalue weighted by Crippen LogP contribution is -2.28. The Morgan fingerprint density at radius 3 is 2.27 bits per heavy atom. The number of rotatable bonds is 3. The van der Waals surface area contributed by atoms with E-state index in [1.165, 1.54) is 0 Å². The Hall–Kier alpha value is -1.68. The molecule has 0 spiro atoms. The molecule has 0 N–H and O–H groups in total. The maximum Gasteiger partial charge on any atom is 0.194 e. The Kier molecular flexibility index (Phi) is 4.04. The van der Waals surface area contributed by atoms with Crippen molar-refractivity contribution in [3.05, 3.63) is 70.7 Å². The van der Waals surface area contributed by atoms with Crippen molar-refractivity contribution in [2.75, 3.05) is 0 Å². The molecule has 0 amide bonds. The molecular formula is C18H17ClO3. The molecule has 1 saturated heterocycles. The van der Waals surface area contributed by atoms with Gasteiger partial charge in [-0.15, -0.1) is 0 Å². The number of halogens is 1. The molecule has 0 saturated carbocycles. The smallest absolute Gasteiger partial charge is 0.194 e. The molecule has 0 unspecified atom stereocenters. The molecule has 0 radical (unpaired) electrons. The zero-order valence-corrected chi connectivity index (χ0v) is 13.2. The van der Waals surface area contributed by atoms with E-state index in [0.29, 0.717) is 10.6 Å². The molecule has 1 aliphatic rings. The maximum absolute atomic E-state index is 12.8. The van der Waals surface area contributed by atoms with Crippen LogP contribution in [0.2, 0.25) is 5.02 Å². The normalized spacial score (nSPS) is 23.4. The second-order valence-electron chi connectivity index (χ2n) is 5.76. The van der Waals surface area contributed by atoms with Crippen molar-refractivity contribution in [1.82, 2.24) is 0 Å². The van der Waals surface area contributed by atoms with E-state index in [9.17, 15) is 4.79 Å². The van der Waals surface area contributed by atoms with E-state index in [-0.39, 0.29) is 5.78 Å². The van der Waals surface area contributed by atoms with E-state index < -0.39 is 18.0 Å². The number of ketones is 1. The van der Waals surface area contributed by atoms with E-state index >= 15 is 0 Å². The Morgan fingerprint density at radius 1 is 1.00 bits per heavy atom. The predicted octanol–water partition coefficient (Wildman–Crippen LogP) is 4.42. The van der Waals surface area contributed by atoms with Gasteiger partial charge in [-0.3, -0.25) is 4.79 Å². The molecule has 0 aliphatic carbocycles. The number of carbonyl (C=O) groups is 1. The van der Waals surface area contributed by atoms with E-state index in [4.69, 9.17) is 21.1 Å². The van der Waals surface area contributed by atoms with Gasteiger partial charge in [0.1, 0.15) is 6.10 Å². The molecule has 0 bridgehead atoms. The summed E-state index contributed by atoms with van der Waals surface area (Å²) in [5.41, 5.74) is 1.50. The minimum atomic E-state index is -0.806. The Balaban J connectivity index is 1.93. The minimum Gasteiger partial charge on any atom is -0.339 e. The first kappa shape index (κ1) is 15.2. The van der Waals surface area contributed by atoms with Crippen LogP contribution in [0, 0.1) is 0 Å². The largest absolute Gasteiger partial charge is 0.339 e. The average Bonchev–Trinajstić information content (AvgIpc) is 2.84. The third kappa shape index (κ3) is 3.07. The highest BCUT2D eigenvalue weighted by atomic mass is 35.5. The molecule has 3 nitrogen and oxygen atoms in total. The van der Waals surface area contributed by atoms with Gasteiger partial charge in [0.2, 0.25) is 0 Å². The SMILES string of the molecule is CC1(C)O[C@H](c2ccc(Cl)cc2)[C@H](C(=O)c2ccccc2)O1. The third-order valence-corrected chi connectivity index (χ3v) is 3.86. The Labute approximate surface area is 134 Å². The van der Waals surface area contributed by atoms with Crippen LogP contribution in [0.15, 0.2) is 54.6 Å². The molecule has 2 aromatic rings. The standard InChI is InChI=1S/C18H17ClO3/c1-18(2)21-16(13-8-10-14(19)11-9-13)17(22-18)15(20)12-6-4-3-5-7-12/h3-11,16-17H,1-2H3/t16-,17+/m1/s1. The molecule has 1 aliphatic heterocycles. The molecule has 3 rings (SSSR count). The van der Waals surface area contributed by atoms with Crippen molar-refractivity contribution in [1.29, 1.82) is 0 Å². The first-order valence-corrected chi connectivity index (χ1v) is 7.54. The van der Waals surface area contributed by atoms with Crippen molar-refractivity contribution in [3.63, 3.8) is 0 Å². The van der Waals surface area contributed by atoms with Crippen LogP contribution < -0.4 is 0 Å². The van der Waals surface area contributed by atoms with Crippen molar-refractivity contribution >= 4 is 17.4 Å². The quantitative estimate of drug-likeness (QED) is 0.787. The van der Waals surface area contributed by atoms with Crippen LogP contribution in [0.25, 0.3) is 0 Å². The van der Waals surface area contributed by atoms with Crippen LogP contribution in [0.3, 0.4) is 0 Å². The van der Waals surface area contributed by atoms with Crippen molar-refractivity contribution in [2.45, 2.75) is 31.8 Å². The number of benzene rings is 2. The van der Waals surface area contributed by atoms with Gasteiger partial charge in [-0.05, 0) is 31.5 Å². The summed E-state index contributed by atoms with van der Waals surface area (Å²) in [6, 6.07) is 16.4. The van der Waals surface area contributed by atoms with Crippen molar-refractivity contribution in [2.24, 2.45) is 0 Å². The van der Waals surface area contributed by atoms with Gasteiger partial charge >= 0.3 is 0 Å². The van der Waals surface area contributed by atoms with Crippen LogP contribution in [0.5, 0.6) is 0 Å². The van der Waals surface area contributed by atoms with Gasteiger partial charge in [0.25, 0.3) is 0 Å². The molecule has 114 valence electrons. The van der Waals surface area contributed by atoms with Crippen molar-refractivity contribution < 1.29 is 14.3 Å². The summed E-state index contributed by atoms with van der Waals surface area (Å²) in [5, 5.41) is 0.646. The maximum atomic E-state index is 12.8. The summed E-state index contributed by atoms with van der Waals surface area (Å²) in [6.07, 6.45) is -1.11. The van der Waals surface area contributed by atoms with Gasteiger partial charge in [0.05, 0.1) is 0 Å². The zero-order chi connectivity index (χ0) is 15.7. The lowest BCUT2D eigenvalue weighted by Gasteiger charge is -2.16. The highest BCUT2D eigenvalue weighted by Gasteiger charge is 2.45. The second kappa shape index (κ2) is 5.84. The highest BCUT2D eigenvalue weighted by molar-refractivity contribution is 6.30. The number of hydrogen-bond donors (Lipinski definition) is 0. The second-order valence-corrected chi connectivity index (χ2v) is 6.19. The van der Waals surface area contributed by atoms with Crippen LogP contribution >= 0.6 is 11.6 Å². The summed E-state index contributed by atoms with van der Waals surface area (Å²) >= 11 is 5.93. The number of ether oxygens (including phenoxy) is 2. The number of carbonyl (C=O) groups excluding carboxylic acids is 1. The molecule has 2 atom stereocenters. The average molecular weight is 317 g/mol. The van der Waals surface area contributed by atoms with Gasteiger partial charge in [-0.25, -0.2) is 0 Å². The highest BCUT2D eigenvalue weighted by Crippen LogP contribution is 2.39. The van der Waals surface area contributed by atoms with E-state index in [2.05, 4.69) is 0 Å². The molecule has 4 heteroatoms. The Bertz CT molecular complexity index is 664. The molecule has 22 heavy (non-hydrogen) atoms. The Morgan fingerprint density at radius 2 is 1.64 bits per heavy atom. The predicted molar refractivity (Wildman–Crippen MR) is 85.0 cm³/mol. The molecule has 2 aromatic carbocycles. The van der Waals surface area contributed by atoms with Gasteiger partial charge in [-0.2, -0.15) is 0 Å².